The van der Waals surface area contributed by atoms with Crippen LogP contribution in [-0.4, -0.2) is 20.8 Å². The minimum absolute atomic E-state index is 0.0366. The van der Waals surface area contributed by atoms with Gasteiger partial charge < -0.3 is 15.2 Å². The van der Waals surface area contributed by atoms with E-state index in [0.29, 0.717) is 6.54 Å². The van der Waals surface area contributed by atoms with Gasteiger partial charge in [0.15, 0.2) is 11.5 Å². The van der Waals surface area contributed by atoms with Gasteiger partial charge in [0, 0.05) is 27.6 Å². The van der Waals surface area contributed by atoms with Crippen LogP contribution in [0.5, 0.6) is 11.5 Å². The number of hydrogen-bond acceptors (Lipinski definition) is 3. The lowest BCUT2D eigenvalue weighted by Crippen LogP contribution is -2.32. The number of methoxy groups -OCH3 is 2. The molecule has 0 heterocycles. The van der Waals surface area contributed by atoms with Gasteiger partial charge in [-0.15, -0.1) is 0 Å². The third-order valence-electron chi connectivity index (χ3n) is 4.35. The van der Waals surface area contributed by atoms with Gasteiger partial charge in [0.05, 0.1) is 14.2 Å². The fourth-order valence-corrected chi connectivity index (χ4v) is 3.59. The van der Waals surface area contributed by atoms with Crippen molar-refractivity contribution >= 4 is 15.9 Å². The molecule has 1 aliphatic rings. The van der Waals surface area contributed by atoms with Gasteiger partial charge in [-0.1, -0.05) is 28.8 Å². The van der Waals surface area contributed by atoms with E-state index in [1.54, 1.807) is 14.2 Å². The van der Waals surface area contributed by atoms with Gasteiger partial charge in [0.25, 0.3) is 0 Å². The molecule has 0 amide bonds. The van der Waals surface area contributed by atoms with Crippen LogP contribution in [0.25, 0.3) is 0 Å². The predicted octanol–water partition coefficient (Wildman–Crippen LogP) is 3.55. The Labute approximate surface area is 123 Å². The maximum absolute atomic E-state index is 6.09. The van der Waals surface area contributed by atoms with Crippen molar-refractivity contribution in [2.45, 2.75) is 38.0 Å². The van der Waals surface area contributed by atoms with Gasteiger partial charge in [-0.3, -0.25) is 0 Å². The second-order valence-electron chi connectivity index (χ2n) is 5.29. The average Bonchev–Trinajstić information content (AvgIpc) is 2.91. The van der Waals surface area contributed by atoms with E-state index in [-0.39, 0.29) is 5.41 Å². The lowest BCUT2D eigenvalue weighted by molar-refractivity contribution is 0.334. The molecule has 1 saturated carbocycles. The van der Waals surface area contributed by atoms with Crippen molar-refractivity contribution < 1.29 is 9.47 Å². The highest BCUT2D eigenvalue weighted by molar-refractivity contribution is 9.10. The van der Waals surface area contributed by atoms with Crippen molar-refractivity contribution in [2.75, 3.05) is 20.8 Å². The van der Waals surface area contributed by atoms with Crippen molar-refractivity contribution in [3.8, 4) is 11.5 Å². The fraction of sp³-hybridized carbons (Fsp3) is 0.600. The number of rotatable bonds is 4. The van der Waals surface area contributed by atoms with E-state index in [1.807, 2.05) is 6.92 Å². The summed E-state index contributed by atoms with van der Waals surface area (Å²) in [5, 5.41) is 0. The Kier molecular flexibility index (Phi) is 4.41. The molecular weight excluding hydrogens is 306 g/mol. The summed E-state index contributed by atoms with van der Waals surface area (Å²) in [6, 6.07) is 2.16. The van der Waals surface area contributed by atoms with Gasteiger partial charge in [0.1, 0.15) is 0 Å². The Balaban J connectivity index is 2.65. The summed E-state index contributed by atoms with van der Waals surface area (Å²) >= 11 is 3.63. The first-order valence-electron chi connectivity index (χ1n) is 6.71. The highest BCUT2D eigenvalue weighted by atomic mass is 79.9. The van der Waals surface area contributed by atoms with Crippen LogP contribution in [0.1, 0.15) is 36.8 Å². The standard InChI is InChI=1S/C15H22BrNO2/c1-10-12(16)8-11(14(19-3)13(10)18-2)15(9-17)6-4-5-7-15/h8H,4-7,9,17H2,1-3H3. The summed E-state index contributed by atoms with van der Waals surface area (Å²) in [7, 11) is 3.39. The molecule has 1 aromatic carbocycles. The Morgan fingerprint density at radius 2 is 1.79 bits per heavy atom. The van der Waals surface area contributed by atoms with Crippen LogP contribution in [0, 0.1) is 6.92 Å². The van der Waals surface area contributed by atoms with Gasteiger partial charge in [0.2, 0.25) is 0 Å². The smallest absolute Gasteiger partial charge is 0.165 e. The largest absolute Gasteiger partial charge is 0.493 e. The van der Waals surface area contributed by atoms with Crippen molar-refractivity contribution in [2.24, 2.45) is 5.73 Å². The summed E-state index contributed by atoms with van der Waals surface area (Å²) in [5.74, 6) is 1.65. The topological polar surface area (TPSA) is 44.5 Å². The molecule has 4 heteroatoms. The average molecular weight is 328 g/mol. The summed E-state index contributed by atoms with van der Waals surface area (Å²) in [6.07, 6.45) is 4.71. The minimum atomic E-state index is 0.0366. The first kappa shape index (κ1) is 14.7. The molecule has 2 rings (SSSR count). The second kappa shape index (κ2) is 5.71. The van der Waals surface area contributed by atoms with E-state index in [9.17, 15) is 0 Å². The molecule has 1 aliphatic carbocycles. The van der Waals surface area contributed by atoms with E-state index in [1.165, 1.54) is 18.4 Å². The minimum Gasteiger partial charge on any atom is -0.493 e. The zero-order valence-electron chi connectivity index (χ0n) is 11.9. The van der Waals surface area contributed by atoms with E-state index in [4.69, 9.17) is 15.2 Å². The summed E-state index contributed by atoms with van der Waals surface area (Å²) in [4.78, 5) is 0. The number of halogens is 1. The molecule has 0 saturated heterocycles. The quantitative estimate of drug-likeness (QED) is 0.919. The Morgan fingerprint density at radius 1 is 1.21 bits per heavy atom. The van der Waals surface area contributed by atoms with Crippen molar-refractivity contribution in [3.05, 3.63) is 21.7 Å². The van der Waals surface area contributed by atoms with Crippen molar-refractivity contribution in [1.82, 2.24) is 0 Å². The van der Waals surface area contributed by atoms with Gasteiger partial charge in [-0.25, -0.2) is 0 Å². The zero-order valence-corrected chi connectivity index (χ0v) is 13.5. The third-order valence-corrected chi connectivity index (χ3v) is 5.18. The molecule has 0 unspecified atom stereocenters. The molecule has 19 heavy (non-hydrogen) atoms. The molecule has 0 spiro atoms. The van der Waals surface area contributed by atoms with Crippen molar-refractivity contribution in [1.29, 1.82) is 0 Å². The van der Waals surface area contributed by atoms with Crippen LogP contribution in [0.4, 0.5) is 0 Å². The van der Waals surface area contributed by atoms with Crippen LogP contribution < -0.4 is 15.2 Å². The maximum Gasteiger partial charge on any atom is 0.165 e. The molecule has 1 aromatic rings. The van der Waals surface area contributed by atoms with Gasteiger partial charge in [-0.05, 0) is 25.8 Å². The highest BCUT2D eigenvalue weighted by Crippen LogP contribution is 2.49. The molecule has 2 N–H and O–H groups in total. The van der Waals surface area contributed by atoms with Crippen LogP contribution in [0.3, 0.4) is 0 Å². The molecule has 0 aromatic heterocycles. The normalized spacial score (nSPS) is 17.5. The van der Waals surface area contributed by atoms with Gasteiger partial charge >= 0.3 is 0 Å². The maximum atomic E-state index is 6.09. The van der Waals surface area contributed by atoms with E-state index >= 15 is 0 Å². The predicted molar refractivity (Wildman–Crippen MR) is 81.2 cm³/mol. The Bertz CT molecular complexity index is 468. The molecule has 3 nitrogen and oxygen atoms in total. The zero-order chi connectivity index (χ0) is 14.0. The molecular formula is C15H22BrNO2. The van der Waals surface area contributed by atoms with Crippen molar-refractivity contribution in [3.63, 3.8) is 0 Å². The molecule has 0 bridgehead atoms. The van der Waals surface area contributed by atoms with E-state index in [0.717, 1.165) is 34.4 Å². The summed E-state index contributed by atoms with van der Waals surface area (Å²) in [5.41, 5.74) is 8.38. The lowest BCUT2D eigenvalue weighted by Gasteiger charge is -2.31. The van der Waals surface area contributed by atoms with Crippen LogP contribution in [-0.2, 0) is 5.41 Å². The highest BCUT2D eigenvalue weighted by Gasteiger charge is 2.38. The van der Waals surface area contributed by atoms with E-state index in [2.05, 4.69) is 22.0 Å². The van der Waals surface area contributed by atoms with Crippen LogP contribution in [0.2, 0.25) is 0 Å². The first-order chi connectivity index (χ1) is 9.09. The van der Waals surface area contributed by atoms with E-state index < -0.39 is 0 Å². The number of hydrogen-bond donors (Lipinski definition) is 1. The lowest BCUT2D eigenvalue weighted by atomic mass is 9.78. The van der Waals surface area contributed by atoms with Crippen LogP contribution in [0.15, 0.2) is 10.5 Å². The molecule has 0 atom stereocenters. The summed E-state index contributed by atoms with van der Waals surface area (Å²) in [6.45, 7) is 2.68. The molecule has 106 valence electrons. The first-order valence-corrected chi connectivity index (χ1v) is 7.50. The molecule has 0 aliphatic heterocycles. The number of nitrogens with two attached hydrogens (primary N) is 1. The Morgan fingerprint density at radius 3 is 2.26 bits per heavy atom. The van der Waals surface area contributed by atoms with Crippen LogP contribution >= 0.6 is 15.9 Å². The van der Waals surface area contributed by atoms with Gasteiger partial charge in [-0.2, -0.15) is 0 Å². The molecule has 1 fully saturated rings. The fourth-order valence-electron chi connectivity index (χ4n) is 3.18. The number of benzene rings is 1. The second-order valence-corrected chi connectivity index (χ2v) is 6.14. The molecule has 0 radical (unpaired) electrons. The third kappa shape index (κ3) is 2.36. The Hall–Kier alpha value is -0.740. The number of ether oxygens (including phenoxy) is 2. The SMILES string of the molecule is COc1c(C2(CN)CCCC2)cc(Br)c(C)c1OC. The monoisotopic (exact) mass is 327 g/mol. The summed E-state index contributed by atoms with van der Waals surface area (Å²) < 4.78 is 12.2.